The minimum absolute atomic E-state index is 0.721. The Hall–Kier alpha value is -4.24. The van der Waals surface area contributed by atoms with Crippen LogP contribution in [-0.4, -0.2) is 0 Å². The molecule has 0 saturated carbocycles. The normalized spacial score (nSPS) is 10.8. The monoisotopic (exact) mass is 401 g/mol. The van der Waals surface area contributed by atoms with Crippen molar-refractivity contribution >= 4 is 39.2 Å². The lowest BCUT2D eigenvalue weighted by atomic mass is 9.98. The van der Waals surface area contributed by atoms with E-state index < -0.39 is 0 Å². The first kappa shape index (κ1) is 18.8. The molecule has 0 saturated heterocycles. The second-order valence-corrected chi connectivity index (χ2v) is 7.60. The maximum Gasteiger partial charge on any atom is 0.0482 e. The third-order valence-electron chi connectivity index (χ3n) is 5.48. The summed E-state index contributed by atoms with van der Waals surface area (Å²) in [5.74, 6) is 0. The molecule has 0 aliphatic carbocycles. The van der Waals surface area contributed by atoms with Crippen LogP contribution in [0.4, 0.5) is 28.4 Å². The van der Waals surface area contributed by atoms with Crippen LogP contribution < -0.4 is 16.4 Å². The Morgan fingerprint density at radius 2 is 1.06 bits per heavy atom. The van der Waals surface area contributed by atoms with Crippen LogP contribution in [0.3, 0.4) is 0 Å². The van der Waals surface area contributed by atoms with E-state index in [1.165, 1.54) is 21.9 Å². The van der Waals surface area contributed by atoms with Crippen molar-refractivity contribution < 1.29 is 0 Å². The lowest BCUT2D eigenvalue weighted by Gasteiger charge is -2.26. The number of fused-ring (bicyclic) bond motifs is 1. The van der Waals surface area contributed by atoms with Crippen LogP contribution in [0.2, 0.25) is 0 Å². The molecule has 5 aromatic carbocycles. The first-order chi connectivity index (χ1) is 15.2. The topological polar surface area (TPSA) is 55.3 Å². The van der Waals surface area contributed by atoms with Gasteiger partial charge < -0.3 is 16.4 Å². The summed E-state index contributed by atoms with van der Waals surface area (Å²) in [6, 6.07) is 39.3. The summed E-state index contributed by atoms with van der Waals surface area (Å²) in [6.07, 6.45) is 0. The van der Waals surface area contributed by atoms with E-state index in [2.05, 4.69) is 83.8 Å². The molecule has 4 N–H and O–H groups in total. The Morgan fingerprint density at radius 3 is 1.71 bits per heavy atom. The molecule has 0 amide bonds. The fourth-order valence-electron chi connectivity index (χ4n) is 4.04. The summed E-state index contributed by atoms with van der Waals surface area (Å²) in [5.41, 5.74) is 19.0. The molecular weight excluding hydrogens is 378 g/mol. The van der Waals surface area contributed by atoms with Crippen molar-refractivity contribution in [3.8, 4) is 11.1 Å². The first-order valence-corrected chi connectivity index (χ1v) is 10.3. The van der Waals surface area contributed by atoms with Crippen molar-refractivity contribution in [2.75, 3.05) is 16.4 Å². The number of benzene rings is 5. The van der Waals surface area contributed by atoms with Crippen LogP contribution in [0, 0.1) is 0 Å². The molecule has 3 nitrogen and oxygen atoms in total. The quantitative estimate of drug-likeness (QED) is 0.315. The zero-order valence-corrected chi connectivity index (χ0v) is 17.1. The largest absolute Gasteiger partial charge is 0.399 e. The van der Waals surface area contributed by atoms with E-state index in [-0.39, 0.29) is 0 Å². The molecule has 3 heteroatoms. The molecule has 0 aliphatic rings. The second-order valence-electron chi connectivity index (χ2n) is 7.60. The molecule has 150 valence electrons. The van der Waals surface area contributed by atoms with Gasteiger partial charge in [-0.1, -0.05) is 66.7 Å². The van der Waals surface area contributed by atoms with Crippen molar-refractivity contribution in [1.29, 1.82) is 0 Å². The number of hydrogen-bond donors (Lipinski definition) is 2. The van der Waals surface area contributed by atoms with Crippen LogP contribution in [0.5, 0.6) is 0 Å². The number of rotatable bonds is 4. The number of anilines is 5. The highest BCUT2D eigenvalue weighted by atomic mass is 15.1. The predicted molar refractivity (Wildman–Crippen MR) is 133 cm³/mol. The summed E-state index contributed by atoms with van der Waals surface area (Å²) in [7, 11) is 0. The number of hydrogen-bond acceptors (Lipinski definition) is 3. The van der Waals surface area contributed by atoms with Crippen LogP contribution >= 0.6 is 0 Å². The van der Waals surface area contributed by atoms with Gasteiger partial charge in [0.25, 0.3) is 0 Å². The zero-order valence-electron chi connectivity index (χ0n) is 17.1. The van der Waals surface area contributed by atoms with Crippen molar-refractivity contribution in [1.82, 2.24) is 0 Å². The second kappa shape index (κ2) is 7.88. The Balaban J connectivity index is 1.61. The van der Waals surface area contributed by atoms with Gasteiger partial charge in [0.2, 0.25) is 0 Å². The fourth-order valence-corrected chi connectivity index (χ4v) is 4.04. The Bertz CT molecular complexity index is 1310. The van der Waals surface area contributed by atoms with Crippen LogP contribution in [0.15, 0.2) is 115 Å². The summed E-state index contributed by atoms with van der Waals surface area (Å²) >= 11 is 0. The zero-order chi connectivity index (χ0) is 21.2. The molecule has 0 spiro atoms. The Morgan fingerprint density at radius 1 is 0.484 bits per heavy atom. The lowest BCUT2D eigenvalue weighted by Crippen LogP contribution is -2.10. The predicted octanol–water partition coefficient (Wildman–Crippen LogP) is 7.14. The molecule has 0 fully saturated rings. The van der Waals surface area contributed by atoms with Crippen LogP contribution in [-0.2, 0) is 0 Å². The molecule has 31 heavy (non-hydrogen) atoms. The summed E-state index contributed by atoms with van der Waals surface area (Å²) in [6.45, 7) is 0. The maximum atomic E-state index is 6.08. The molecule has 5 rings (SSSR count). The number of nitrogen functional groups attached to an aromatic ring is 2. The van der Waals surface area contributed by atoms with E-state index in [4.69, 9.17) is 11.5 Å². The van der Waals surface area contributed by atoms with Gasteiger partial charge in [-0.3, -0.25) is 0 Å². The number of nitrogens with two attached hydrogens (primary N) is 2. The molecule has 0 radical (unpaired) electrons. The van der Waals surface area contributed by atoms with E-state index in [1.807, 2.05) is 36.4 Å². The van der Waals surface area contributed by atoms with Gasteiger partial charge in [-0.2, -0.15) is 0 Å². The van der Waals surface area contributed by atoms with Crippen molar-refractivity contribution in [2.24, 2.45) is 0 Å². The highest BCUT2D eigenvalue weighted by Gasteiger charge is 2.13. The minimum atomic E-state index is 0.721. The molecule has 0 unspecified atom stereocenters. The minimum Gasteiger partial charge on any atom is -0.399 e. The van der Waals surface area contributed by atoms with E-state index in [0.29, 0.717) is 0 Å². The standard InChI is InChI=1S/C28H23N3/c29-22-8-4-10-25(18-22)31(26-11-5-9-23(30)19-26)24-16-14-21(15-17-24)28-13-3-7-20-6-1-2-12-27(20)28/h1-19H,29-30H2. The van der Waals surface area contributed by atoms with Gasteiger partial charge in [-0.15, -0.1) is 0 Å². The Kier molecular flexibility index (Phi) is 4.77. The highest BCUT2D eigenvalue weighted by Crippen LogP contribution is 2.37. The van der Waals surface area contributed by atoms with Gasteiger partial charge in [0.15, 0.2) is 0 Å². The SMILES string of the molecule is Nc1cccc(N(c2ccc(-c3cccc4ccccc34)cc2)c2cccc(N)c2)c1. The summed E-state index contributed by atoms with van der Waals surface area (Å²) < 4.78 is 0. The average Bonchev–Trinajstić information content (AvgIpc) is 2.80. The molecule has 0 aliphatic heterocycles. The Labute approximate surface area is 182 Å². The van der Waals surface area contributed by atoms with E-state index in [9.17, 15) is 0 Å². The van der Waals surface area contributed by atoms with Gasteiger partial charge >= 0.3 is 0 Å². The fraction of sp³-hybridized carbons (Fsp3) is 0. The van der Waals surface area contributed by atoms with Crippen molar-refractivity contribution in [2.45, 2.75) is 0 Å². The van der Waals surface area contributed by atoms with Gasteiger partial charge in [-0.25, -0.2) is 0 Å². The van der Waals surface area contributed by atoms with Gasteiger partial charge in [0.05, 0.1) is 0 Å². The molecule has 0 aromatic heterocycles. The van der Waals surface area contributed by atoms with E-state index in [1.54, 1.807) is 0 Å². The molecule has 0 heterocycles. The van der Waals surface area contributed by atoms with Crippen molar-refractivity contribution in [3.63, 3.8) is 0 Å². The first-order valence-electron chi connectivity index (χ1n) is 10.3. The van der Waals surface area contributed by atoms with Gasteiger partial charge in [-0.05, 0) is 70.4 Å². The third-order valence-corrected chi connectivity index (χ3v) is 5.48. The van der Waals surface area contributed by atoms with E-state index >= 15 is 0 Å². The summed E-state index contributed by atoms with van der Waals surface area (Å²) in [5, 5.41) is 2.49. The third kappa shape index (κ3) is 3.69. The molecule has 5 aromatic rings. The van der Waals surface area contributed by atoms with Gasteiger partial charge in [0, 0.05) is 28.4 Å². The van der Waals surface area contributed by atoms with E-state index in [0.717, 1.165) is 28.4 Å². The molecule has 0 atom stereocenters. The van der Waals surface area contributed by atoms with Crippen LogP contribution in [0.25, 0.3) is 21.9 Å². The highest BCUT2D eigenvalue weighted by molar-refractivity contribution is 5.97. The van der Waals surface area contributed by atoms with Crippen LogP contribution in [0.1, 0.15) is 0 Å². The summed E-state index contributed by atoms with van der Waals surface area (Å²) in [4.78, 5) is 2.17. The lowest BCUT2D eigenvalue weighted by molar-refractivity contribution is 1.28. The molecular formula is C28H23N3. The smallest absolute Gasteiger partial charge is 0.0482 e. The van der Waals surface area contributed by atoms with Crippen molar-refractivity contribution in [3.05, 3.63) is 115 Å². The molecule has 0 bridgehead atoms. The maximum absolute atomic E-state index is 6.08. The van der Waals surface area contributed by atoms with Gasteiger partial charge in [0.1, 0.15) is 0 Å². The number of nitrogens with zero attached hydrogens (tertiary/aromatic N) is 1. The average molecular weight is 402 g/mol.